The number of rotatable bonds is 2. The Kier molecular flexibility index (Phi) is 2.37. The van der Waals surface area contributed by atoms with Crippen molar-refractivity contribution in [2.75, 3.05) is 6.61 Å². The average Bonchev–Trinajstić information content (AvgIpc) is 2.54. The van der Waals surface area contributed by atoms with Gasteiger partial charge >= 0.3 is 0 Å². The smallest absolute Gasteiger partial charge is 0.135 e. The van der Waals surface area contributed by atoms with E-state index in [2.05, 4.69) is 0 Å². The number of hydrogen-bond donors (Lipinski definition) is 1. The van der Waals surface area contributed by atoms with Gasteiger partial charge in [0.05, 0.1) is 6.61 Å². The summed E-state index contributed by atoms with van der Waals surface area (Å²) in [4.78, 5) is 0. The van der Waals surface area contributed by atoms with Crippen molar-refractivity contribution in [2.45, 2.75) is 6.92 Å². The number of aryl methyl sites for hydroxylation is 1. The van der Waals surface area contributed by atoms with Crippen LogP contribution in [-0.4, -0.2) is 11.7 Å². The maximum atomic E-state index is 8.66. The summed E-state index contributed by atoms with van der Waals surface area (Å²) in [6.45, 7) is 2.05. The van der Waals surface area contributed by atoms with Crippen LogP contribution in [0.5, 0.6) is 0 Å². The van der Waals surface area contributed by atoms with Crippen LogP contribution in [0.15, 0.2) is 34.8 Å². The van der Waals surface area contributed by atoms with Crippen molar-refractivity contribution in [1.82, 2.24) is 0 Å². The lowest BCUT2D eigenvalue weighted by atomic mass is 10.1. The van der Waals surface area contributed by atoms with E-state index in [4.69, 9.17) is 9.52 Å². The van der Waals surface area contributed by atoms with Crippen LogP contribution in [0.3, 0.4) is 0 Å². The van der Waals surface area contributed by atoms with Gasteiger partial charge in [-0.15, -0.1) is 0 Å². The molecule has 0 saturated carbocycles. The summed E-state index contributed by atoms with van der Waals surface area (Å²) in [5, 5.41) is 9.79. The van der Waals surface area contributed by atoms with E-state index < -0.39 is 0 Å². The minimum atomic E-state index is 0.0382. The van der Waals surface area contributed by atoms with Gasteiger partial charge in [-0.2, -0.15) is 0 Å². The van der Waals surface area contributed by atoms with Gasteiger partial charge < -0.3 is 9.52 Å². The fraction of sp³-hybridized carbons (Fsp3) is 0.167. The summed E-state index contributed by atoms with van der Waals surface area (Å²) in [7, 11) is 0. The van der Waals surface area contributed by atoms with Crippen molar-refractivity contribution < 1.29 is 9.52 Å². The lowest BCUT2D eigenvalue weighted by Gasteiger charge is -1.87. The van der Waals surface area contributed by atoms with Gasteiger partial charge in [-0.05, 0) is 19.1 Å². The molecule has 0 aliphatic heterocycles. The van der Waals surface area contributed by atoms with Crippen LogP contribution < -0.4 is 0 Å². The van der Waals surface area contributed by atoms with E-state index in [1.54, 1.807) is 12.2 Å². The third-order valence-electron chi connectivity index (χ3n) is 2.26. The highest BCUT2D eigenvalue weighted by Gasteiger charge is 2.05. The third kappa shape index (κ3) is 1.44. The second-order valence-electron chi connectivity index (χ2n) is 3.17. The molecule has 72 valence electrons. The van der Waals surface area contributed by atoms with Gasteiger partial charge in [0.2, 0.25) is 0 Å². The number of hydrogen-bond acceptors (Lipinski definition) is 2. The van der Waals surface area contributed by atoms with Crippen molar-refractivity contribution in [1.29, 1.82) is 0 Å². The van der Waals surface area contributed by atoms with Crippen LogP contribution in [0.25, 0.3) is 17.0 Å². The highest BCUT2D eigenvalue weighted by molar-refractivity contribution is 5.84. The Balaban J connectivity index is 2.57. The van der Waals surface area contributed by atoms with Crippen molar-refractivity contribution in [3.63, 3.8) is 0 Å². The Morgan fingerprint density at radius 2 is 2.14 bits per heavy atom. The normalized spacial score (nSPS) is 11.6. The predicted octanol–water partition coefficient (Wildman–Crippen LogP) is 2.75. The maximum absolute atomic E-state index is 8.66. The van der Waals surface area contributed by atoms with Crippen molar-refractivity contribution in [3.05, 3.63) is 41.7 Å². The minimum Gasteiger partial charge on any atom is -0.456 e. The van der Waals surface area contributed by atoms with E-state index in [0.717, 1.165) is 22.3 Å². The number of benzene rings is 1. The molecule has 0 unspecified atom stereocenters. The molecule has 0 amide bonds. The quantitative estimate of drug-likeness (QED) is 0.786. The zero-order chi connectivity index (χ0) is 9.97. The largest absolute Gasteiger partial charge is 0.456 e. The molecule has 1 heterocycles. The molecular weight excluding hydrogens is 176 g/mol. The van der Waals surface area contributed by atoms with Gasteiger partial charge in [-0.25, -0.2) is 0 Å². The standard InChI is InChI=1S/C12H12O2/c1-9-10-5-2-3-6-12(10)14-11(9)7-4-8-13/h2-7,13H,8H2,1H3/b7-4+. The Bertz CT molecular complexity index is 466. The summed E-state index contributed by atoms with van der Waals surface area (Å²) in [6, 6.07) is 7.91. The average molecular weight is 188 g/mol. The summed E-state index contributed by atoms with van der Waals surface area (Å²) >= 11 is 0. The number of furan rings is 1. The van der Waals surface area contributed by atoms with Gasteiger partial charge in [0.1, 0.15) is 11.3 Å². The first-order chi connectivity index (χ1) is 6.83. The molecule has 14 heavy (non-hydrogen) atoms. The highest BCUT2D eigenvalue weighted by atomic mass is 16.3. The summed E-state index contributed by atoms with van der Waals surface area (Å²) in [6.07, 6.45) is 3.47. The summed E-state index contributed by atoms with van der Waals surface area (Å²) < 4.78 is 5.60. The van der Waals surface area contributed by atoms with Crippen molar-refractivity contribution in [3.8, 4) is 0 Å². The molecule has 0 spiro atoms. The van der Waals surface area contributed by atoms with Crippen LogP contribution in [0, 0.1) is 6.92 Å². The Morgan fingerprint density at radius 3 is 2.86 bits per heavy atom. The number of aliphatic hydroxyl groups excluding tert-OH is 1. The van der Waals surface area contributed by atoms with Crippen LogP contribution in [0.2, 0.25) is 0 Å². The minimum absolute atomic E-state index is 0.0382. The molecule has 0 fully saturated rings. The fourth-order valence-electron chi connectivity index (χ4n) is 1.51. The van der Waals surface area contributed by atoms with Crippen molar-refractivity contribution >= 4 is 17.0 Å². The molecule has 1 aromatic carbocycles. The van der Waals surface area contributed by atoms with E-state index in [-0.39, 0.29) is 6.61 Å². The molecule has 2 aromatic rings. The number of para-hydroxylation sites is 1. The maximum Gasteiger partial charge on any atom is 0.135 e. The van der Waals surface area contributed by atoms with Gasteiger partial charge in [0, 0.05) is 10.9 Å². The third-order valence-corrected chi connectivity index (χ3v) is 2.26. The fourth-order valence-corrected chi connectivity index (χ4v) is 1.51. The summed E-state index contributed by atoms with van der Waals surface area (Å²) in [5.41, 5.74) is 2.01. The second-order valence-corrected chi connectivity index (χ2v) is 3.17. The van der Waals surface area contributed by atoms with Gasteiger partial charge in [0.25, 0.3) is 0 Å². The first-order valence-electron chi connectivity index (χ1n) is 4.58. The van der Waals surface area contributed by atoms with Crippen LogP contribution in [0.1, 0.15) is 11.3 Å². The van der Waals surface area contributed by atoms with Crippen molar-refractivity contribution in [2.24, 2.45) is 0 Å². The van der Waals surface area contributed by atoms with E-state index in [1.807, 2.05) is 31.2 Å². The molecule has 0 aliphatic carbocycles. The Labute approximate surface area is 82.5 Å². The first-order valence-corrected chi connectivity index (χ1v) is 4.58. The molecule has 2 heteroatoms. The number of aliphatic hydroxyl groups is 1. The molecular formula is C12H12O2. The van der Waals surface area contributed by atoms with E-state index in [1.165, 1.54) is 0 Å². The molecule has 2 nitrogen and oxygen atoms in total. The zero-order valence-electron chi connectivity index (χ0n) is 8.03. The SMILES string of the molecule is Cc1c(/C=C/CO)oc2ccccc12. The molecule has 0 saturated heterocycles. The van der Waals surface area contributed by atoms with E-state index >= 15 is 0 Å². The van der Waals surface area contributed by atoms with Gasteiger partial charge in [-0.1, -0.05) is 24.3 Å². The van der Waals surface area contributed by atoms with Crippen LogP contribution >= 0.6 is 0 Å². The molecule has 0 radical (unpaired) electrons. The highest BCUT2D eigenvalue weighted by Crippen LogP contribution is 2.25. The first kappa shape index (κ1) is 9.03. The molecule has 0 bridgehead atoms. The summed E-state index contributed by atoms with van der Waals surface area (Å²) in [5.74, 6) is 0.820. The molecule has 0 atom stereocenters. The molecule has 2 rings (SSSR count). The Morgan fingerprint density at radius 1 is 1.36 bits per heavy atom. The second kappa shape index (κ2) is 3.68. The molecule has 1 aromatic heterocycles. The number of fused-ring (bicyclic) bond motifs is 1. The topological polar surface area (TPSA) is 33.4 Å². The van der Waals surface area contributed by atoms with Crippen LogP contribution in [0.4, 0.5) is 0 Å². The van der Waals surface area contributed by atoms with Gasteiger partial charge in [0.15, 0.2) is 0 Å². The molecule has 0 aliphatic rings. The van der Waals surface area contributed by atoms with Gasteiger partial charge in [-0.3, -0.25) is 0 Å². The Hall–Kier alpha value is -1.54. The van der Waals surface area contributed by atoms with E-state index in [0.29, 0.717) is 0 Å². The molecule has 1 N–H and O–H groups in total. The lowest BCUT2D eigenvalue weighted by Crippen LogP contribution is -1.74. The predicted molar refractivity (Wildman–Crippen MR) is 57.1 cm³/mol. The van der Waals surface area contributed by atoms with Crippen LogP contribution in [-0.2, 0) is 0 Å². The lowest BCUT2D eigenvalue weighted by molar-refractivity contribution is 0.343. The zero-order valence-corrected chi connectivity index (χ0v) is 8.03. The van der Waals surface area contributed by atoms with E-state index in [9.17, 15) is 0 Å². The monoisotopic (exact) mass is 188 g/mol.